The van der Waals surface area contributed by atoms with Gasteiger partial charge in [0.25, 0.3) is 11.6 Å². The molecule has 3 aromatic rings. The standard InChI is InChI=1S/C23H15Cl2N3O4/c24-19-8-7-18(12-21(19)28(30)31)27-23(29)17(13-26)10-16-6-9-22(20(25)11-16)32-14-15-4-2-1-3-5-15/h1-12H,14H2,(H,27,29)/b17-10+. The number of nitriles is 1. The molecule has 0 aliphatic carbocycles. The van der Waals surface area contributed by atoms with Gasteiger partial charge in [-0.25, -0.2) is 0 Å². The van der Waals surface area contributed by atoms with Gasteiger partial charge in [0.2, 0.25) is 0 Å². The van der Waals surface area contributed by atoms with Crippen LogP contribution in [-0.2, 0) is 11.4 Å². The second-order valence-corrected chi connectivity index (χ2v) is 7.33. The Bertz CT molecular complexity index is 1240. The fourth-order valence-corrected chi connectivity index (χ4v) is 3.13. The molecule has 0 fully saturated rings. The molecule has 0 saturated heterocycles. The quantitative estimate of drug-likeness (QED) is 0.197. The van der Waals surface area contributed by atoms with Gasteiger partial charge in [-0.1, -0.05) is 59.6 Å². The maximum Gasteiger partial charge on any atom is 0.289 e. The van der Waals surface area contributed by atoms with Crippen LogP contribution in [0, 0.1) is 21.4 Å². The summed E-state index contributed by atoms with van der Waals surface area (Å²) in [6.45, 7) is 0.342. The van der Waals surface area contributed by atoms with Gasteiger partial charge >= 0.3 is 0 Å². The van der Waals surface area contributed by atoms with E-state index in [2.05, 4.69) is 5.32 Å². The lowest BCUT2D eigenvalue weighted by Gasteiger charge is -2.09. The third-order valence-electron chi connectivity index (χ3n) is 4.27. The molecule has 1 N–H and O–H groups in total. The van der Waals surface area contributed by atoms with Crippen LogP contribution >= 0.6 is 23.2 Å². The van der Waals surface area contributed by atoms with E-state index in [4.69, 9.17) is 27.9 Å². The Hall–Kier alpha value is -3.86. The number of nitro benzene ring substituents is 1. The number of hydrogen-bond donors (Lipinski definition) is 1. The molecule has 0 atom stereocenters. The van der Waals surface area contributed by atoms with Crippen molar-refractivity contribution in [1.29, 1.82) is 5.26 Å². The summed E-state index contributed by atoms with van der Waals surface area (Å²) in [5.74, 6) is -0.270. The van der Waals surface area contributed by atoms with Crippen LogP contribution in [0.1, 0.15) is 11.1 Å². The number of nitrogens with zero attached hydrogens (tertiary/aromatic N) is 2. The number of halogens is 2. The normalized spacial score (nSPS) is 10.8. The topological polar surface area (TPSA) is 105 Å². The molecule has 0 aliphatic rings. The summed E-state index contributed by atoms with van der Waals surface area (Å²) in [6, 6.07) is 20.1. The molecule has 160 valence electrons. The second kappa shape index (κ2) is 10.4. The Morgan fingerprint density at radius 1 is 1.09 bits per heavy atom. The fourth-order valence-electron chi connectivity index (χ4n) is 2.70. The van der Waals surface area contributed by atoms with Crippen molar-refractivity contribution in [2.24, 2.45) is 0 Å². The molecule has 3 rings (SSSR count). The van der Waals surface area contributed by atoms with Crippen molar-refractivity contribution in [1.82, 2.24) is 0 Å². The zero-order valence-electron chi connectivity index (χ0n) is 16.4. The van der Waals surface area contributed by atoms with Crippen molar-refractivity contribution in [3.63, 3.8) is 0 Å². The Labute approximate surface area is 193 Å². The number of carbonyl (C=O) groups excluding carboxylic acids is 1. The van der Waals surface area contributed by atoms with Crippen molar-refractivity contribution < 1.29 is 14.5 Å². The summed E-state index contributed by atoms with van der Waals surface area (Å²) in [5, 5.41) is 23.1. The van der Waals surface area contributed by atoms with Crippen LogP contribution in [0.5, 0.6) is 5.75 Å². The first-order valence-electron chi connectivity index (χ1n) is 9.20. The molecule has 0 bridgehead atoms. The largest absolute Gasteiger partial charge is 0.487 e. The first-order chi connectivity index (χ1) is 15.4. The minimum Gasteiger partial charge on any atom is -0.487 e. The summed E-state index contributed by atoms with van der Waals surface area (Å²) in [7, 11) is 0. The number of benzene rings is 3. The van der Waals surface area contributed by atoms with Crippen LogP contribution in [0.2, 0.25) is 10.0 Å². The van der Waals surface area contributed by atoms with E-state index in [0.29, 0.717) is 22.9 Å². The number of nitro groups is 1. The Morgan fingerprint density at radius 3 is 2.50 bits per heavy atom. The third kappa shape index (κ3) is 5.85. The van der Waals surface area contributed by atoms with Gasteiger partial charge in [-0.3, -0.25) is 14.9 Å². The minimum atomic E-state index is -0.732. The first-order valence-corrected chi connectivity index (χ1v) is 9.96. The molecule has 0 aromatic heterocycles. The van der Waals surface area contributed by atoms with E-state index in [9.17, 15) is 20.2 Å². The van der Waals surface area contributed by atoms with Crippen molar-refractivity contribution in [3.8, 4) is 11.8 Å². The summed E-state index contributed by atoms with van der Waals surface area (Å²) >= 11 is 12.0. The number of carbonyl (C=O) groups is 1. The maximum atomic E-state index is 12.5. The molecule has 1 amide bonds. The van der Waals surface area contributed by atoms with Gasteiger partial charge in [0.15, 0.2) is 0 Å². The van der Waals surface area contributed by atoms with Gasteiger partial charge in [0.1, 0.15) is 29.0 Å². The van der Waals surface area contributed by atoms with Crippen molar-refractivity contribution >= 4 is 46.6 Å². The highest BCUT2D eigenvalue weighted by atomic mass is 35.5. The molecule has 0 heterocycles. The van der Waals surface area contributed by atoms with Crippen molar-refractivity contribution in [2.75, 3.05) is 5.32 Å². The zero-order valence-corrected chi connectivity index (χ0v) is 17.9. The second-order valence-electron chi connectivity index (χ2n) is 6.51. The molecule has 3 aromatic carbocycles. The van der Waals surface area contributed by atoms with Gasteiger partial charge in [0, 0.05) is 11.8 Å². The van der Waals surface area contributed by atoms with E-state index < -0.39 is 10.8 Å². The van der Waals surface area contributed by atoms with Gasteiger partial charge in [0.05, 0.1) is 9.95 Å². The van der Waals surface area contributed by atoms with E-state index in [1.54, 1.807) is 18.2 Å². The highest BCUT2D eigenvalue weighted by molar-refractivity contribution is 6.33. The number of rotatable bonds is 7. The lowest BCUT2D eigenvalue weighted by atomic mass is 10.1. The number of nitrogens with one attached hydrogen (secondary N) is 1. The smallest absolute Gasteiger partial charge is 0.289 e. The minimum absolute atomic E-state index is 0.0618. The number of ether oxygens (including phenoxy) is 1. The Balaban J connectivity index is 1.73. The van der Waals surface area contributed by atoms with Gasteiger partial charge < -0.3 is 10.1 Å². The summed E-state index contributed by atoms with van der Waals surface area (Å²) in [4.78, 5) is 22.8. The Kier molecular flexibility index (Phi) is 7.45. The highest BCUT2D eigenvalue weighted by Crippen LogP contribution is 2.29. The first kappa shape index (κ1) is 22.8. The summed E-state index contributed by atoms with van der Waals surface area (Å²) in [6.07, 6.45) is 1.35. The number of amides is 1. The average molecular weight is 468 g/mol. The van der Waals surface area contributed by atoms with Gasteiger partial charge in [-0.2, -0.15) is 5.26 Å². The predicted octanol–water partition coefficient (Wildman–Crippen LogP) is 6.03. The fraction of sp³-hybridized carbons (Fsp3) is 0.0435. The number of hydrogen-bond acceptors (Lipinski definition) is 5. The SMILES string of the molecule is N#C/C(=C\c1ccc(OCc2ccccc2)c(Cl)c1)C(=O)Nc1ccc(Cl)c([N+](=O)[O-])c1. The Morgan fingerprint density at radius 2 is 1.84 bits per heavy atom. The molecule has 0 saturated carbocycles. The third-order valence-corrected chi connectivity index (χ3v) is 4.88. The molecule has 0 aliphatic heterocycles. The van der Waals surface area contributed by atoms with Gasteiger partial charge in [-0.05, 0) is 41.5 Å². The lowest BCUT2D eigenvalue weighted by molar-refractivity contribution is -0.384. The van der Waals surface area contributed by atoms with E-state index in [-0.39, 0.29) is 22.0 Å². The molecule has 32 heavy (non-hydrogen) atoms. The van der Waals surface area contributed by atoms with E-state index >= 15 is 0 Å². The lowest BCUT2D eigenvalue weighted by Crippen LogP contribution is -2.13. The van der Waals surface area contributed by atoms with Crippen LogP contribution in [0.3, 0.4) is 0 Å². The predicted molar refractivity (Wildman–Crippen MR) is 123 cm³/mol. The highest BCUT2D eigenvalue weighted by Gasteiger charge is 2.16. The summed E-state index contributed by atoms with van der Waals surface area (Å²) < 4.78 is 5.71. The van der Waals surface area contributed by atoms with Crippen molar-refractivity contribution in [2.45, 2.75) is 6.61 Å². The van der Waals surface area contributed by atoms with Crippen LogP contribution in [0.15, 0.2) is 72.3 Å². The summed E-state index contributed by atoms with van der Waals surface area (Å²) in [5.41, 5.74) is 1.06. The van der Waals surface area contributed by atoms with E-state index in [0.717, 1.165) is 11.6 Å². The van der Waals surface area contributed by atoms with Crippen LogP contribution in [0.25, 0.3) is 6.08 Å². The zero-order chi connectivity index (χ0) is 23.1. The molecule has 7 nitrogen and oxygen atoms in total. The van der Waals surface area contributed by atoms with Gasteiger partial charge in [-0.15, -0.1) is 0 Å². The molecule has 0 spiro atoms. The van der Waals surface area contributed by atoms with Crippen molar-refractivity contribution in [3.05, 3.63) is 104 Å². The molecular weight excluding hydrogens is 453 g/mol. The monoisotopic (exact) mass is 467 g/mol. The van der Waals surface area contributed by atoms with E-state index in [1.165, 1.54) is 18.2 Å². The molecule has 0 unspecified atom stereocenters. The number of anilines is 1. The molecule has 9 heteroatoms. The molecule has 0 radical (unpaired) electrons. The maximum absolute atomic E-state index is 12.5. The van der Waals surface area contributed by atoms with Crippen LogP contribution in [-0.4, -0.2) is 10.8 Å². The van der Waals surface area contributed by atoms with Crippen LogP contribution in [0.4, 0.5) is 11.4 Å². The van der Waals surface area contributed by atoms with Crippen LogP contribution < -0.4 is 10.1 Å². The average Bonchev–Trinajstić information content (AvgIpc) is 2.78. The molecular formula is C23H15Cl2N3O4. The van der Waals surface area contributed by atoms with E-state index in [1.807, 2.05) is 36.4 Å².